The van der Waals surface area contributed by atoms with E-state index in [4.69, 9.17) is 4.74 Å². The van der Waals surface area contributed by atoms with Gasteiger partial charge < -0.3 is 25.2 Å². The predicted molar refractivity (Wildman–Crippen MR) is 288 cm³/mol. The molecule has 3 N–H and O–H groups in total. The van der Waals surface area contributed by atoms with Gasteiger partial charge in [-0.3, -0.25) is 14.4 Å². The molecule has 8 heteroatoms. The van der Waals surface area contributed by atoms with Gasteiger partial charge in [-0.05, 0) is 141 Å². The first kappa shape index (κ1) is 67.1. The summed E-state index contributed by atoms with van der Waals surface area (Å²) in [5.41, 5.74) is 0.919. The highest BCUT2D eigenvalue weighted by Crippen LogP contribution is 2.73. The predicted octanol–water partition coefficient (Wildman–Crippen LogP) is 15.7. The topological polar surface area (TPSA) is 116 Å². The van der Waals surface area contributed by atoms with E-state index >= 15 is 0 Å². The van der Waals surface area contributed by atoms with Crippen LogP contribution in [-0.2, 0) is 19.1 Å². The number of carboxylic acid groups (broad SMARTS) is 1. The summed E-state index contributed by atoms with van der Waals surface area (Å²) in [6.07, 6.45) is 15.9. The number of ether oxygens (including phenoxy) is 1. The van der Waals surface area contributed by atoms with Gasteiger partial charge in [-0.25, -0.2) is 0 Å². The van der Waals surface area contributed by atoms with E-state index in [0.29, 0.717) is 36.6 Å². The van der Waals surface area contributed by atoms with E-state index in [1.165, 1.54) is 31.3 Å². The van der Waals surface area contributed by atoms with E-state index < -0.39 is 11.4 Å². The summed E-state index contributed by atoms with van der Waals surface area (Å²) in [7, 11) is 0. The maximum atomic E-state index is 13.9. The SMILES string of the molecule is C=C(C)[C@@H]1CC[C@@](CC[C@]2(C)[C@@H](C)CCC3[C@@]4(C)CCC(OC(=O)CC(C)(C)CC(=O)O)C(C)(C)C4CC[C@]32C)(CC(=O)NC2CCN(CCO)CC2)C1.CC.CC.CC.CC.CC.CCC. The number of hydrogen-bond acceptors (Lipinski definition) is 6. The molecule has 0 radical (unpaired) electrons. The first-order valence-corrected chi connectivity index (χ1v) is 28.2. The Morgan fingerprint density at radius 1 is 0.761 bits per heavy atom. The molecule has 1 saturated heterocycles. The monoisotopic (exact) mass is 949 g/mol. The zero-order valence-electron chi connectivity index (χ0n) is 48.5. The van der Waals surface area contributed by atoms with Crippen LogP contribution < -0.4 is 5.32 Å². The third kappa shape index (κ3) is 17.7. The molecule has 8 nitrogen and oxygen atoms in total. The number of aliphatic hydroxyl groups is 1. The number of esters is 1. The number of nitrogens with one attached hydrogen (secondary N) is 1. The Morgan fingerprint density at radius 3 is 1.81 bits per heavy atom. The molecule has 5 aliphatic rings. The van der Waals surface area contributed by atoms with E-state index in [9.17, 15) is 24.6 Å². The van der Waals surface area contributed by atoms with E-state index in [-0.39, 0.29) is 70.5 Å². The van der Waals surface area contributed by atoms with Crippen LogP contribution in [0.3, 0.4) is 0 Å². The Morgan fingerprint density at radius 2 is 1.31 bits per heavy atom. The minimum atomic E-state index is -0.886. The molecule has 0 aromatic rings. The normalized spacial score (nSPS) is 31.8. The molecule has 0 spiro atoms. The maximum absolute atomic E-state index is 13.9. The fraction of sp³-hybridized carbons (Fsp3) is 0.915. The van der Waals surface area contributed by atoms with Crippen molar-refractivity contribution in [2.45, 2.75) is 267 Å². The number of piperidine rings is 1. The second-order valence-electron chi connectivity index (χ2n) is 22.3. The Balaban J connectivity index is 0. The molecular formula is C59H116N2O6. The number of likely N-dealkylation sites (tertiary alicyclic amines) is 1. The second-order valence-corrected chi connectivity index (χ2v) is 22.3. The van der Waals surface area contributed by atoms with Crippen molar-refractivity contribution in [3.05, 3.63) is 12.2 Å². The first-order chi connectivity index (χ1) is 31.5. The van der Waals surface area contributed by atoms with Gasteiger partial charge in [0.1, 0.15) is 6.10 Å². The zero-order chi connectivity index (χ0) is 52.6. The molecule has 5 fully saturated rings. The molecule has 5 rings (SSSR count). The van der Waals surface area contributed by atoms with Crippen molar-refractivity contribution in [1.29, 1.82) is 0 Å². The average Bonchev–Trinajstić information content (AvgIpc) is 3.71. The first-order valence-electron chi connectivity index (χ1n) is 28.2. The lowest BCUT2D eigenvalue weighted by molar-refractivity contribution is -0.231. The molecule has 3 unspecified atom stereocenters. The number of allylic oxidation sites excluding steroid dienone is 1. The van der Waals surface area contributed by atoms with Crippen LogP contribution in [0.4, 0.5) is 0 Å². The lowest BCUT2D eigenvalue weighted by Gasteiger charge is -2.70. The number of carbonyl (C=O) groups is 3. The molecular weight excluding hydrogens is 833 g/mol. The summed E-state index contributed by atoms with van der Waals surface area (Å²) < 4.78 is 6.28. The lowest BCUT2D eigenvalue weighted by atomic mass is 9.35. The van der Waals surface area contributed by atoms with Gasteiger partial charge in [0.05, 0.1) is 19.4 Å². The Hall–Kier alpha value is -1.93. The molecule has 1 amide bonds. The molecule has 67 heavy (non-hydrogen) atoms. The average molecular weight is 950 g/mol. The van der Waals surface area contributed by atoms with Crippen LogP contribution in [0.5, 0.6) is 0 Å². The standard InChI is InChI=1S/C46H78N2O6.C3H8.5C2H6/c1-31(2)33-13-20-46(27-33,28-38(50)47-34-16-23-48(24-17-34)25-26-49)22-21-44(9)32(3)11-12-36-43(8)18-15-37(42(6,7)35(43)14-19-45(36,44)10)54-40(53)30-41(4,5)29-39(51)52;1-3-2;5*1-2/h32-37,49H,1,11-30H2,2-10H3,(H,47,50)(H,51,52);3H2,1-2H3;5*1-2H3/t32-,33+,35?,36?,37?,43-,44+,45+,46-;;;;;;/m0....../s1. The fourth-order valence-electron chi connectivity index (χ4n) is 13.7. The molecule has 4 aliphatic carbocycles. The number of aliphatic carboxylic acids is 1. The second kappa shape index (κ2) is 31.4. The molecule has 0 aromatic carbocycles. The van der Waals surface area contributed by atoms with Gasteiger partial charge in [-0.15, -0.1) is 0 Å². The van der Waals surface area contributed by atoms with Gasteiger partial charge in [-0.2, -0.15) is 0 Å². The molecule has 1 aliphatic heterocycles. The van der Waals surface area contributed by atoms with Crippen molar-refractivity contribution < 1.29 is 29.3 Å². The van der Waals surface area contributed by atoms with Crippen LogP contribution >= 0.6 is 0 Å². The van der Waals surface area contributed by atoms with Crippen LogP contribution in [-0.4, -0.2) is 71.3 Å². The molecule has 9 atom stereocenters. The van der Waals surface area contributed by atoms with E-state index in [0.717, 1.165) is 77.3 Å². The van der Waals surface area contributed by atoms with Gasteiger partial charge >= 0.3 is 11.9 Å². The summed E-state index contributed by atoms with van der Waals surface area (Å²) in [6, 6.07) is 0.223. The summed E-state index contributed by atoms with van der Waals surface area (Å²) in [5, 5.41) is 22.2. The van der Waals surface area contributed by atoms with E-state index in [2.05, 4.69) is 79.1 Å². The molecule has 1 heterocycles. The summed E-state index contributed by atoms with van der Waals surface area (Å²) in [5.74, 6) is 1.18. The lowest BCUT2D eigenvalue weighted by Crippen LogP contribution is -2.64. The van der Waals surface area contributed by atoms with Gasteiger partial charge in [-0.1, -0.05) is 157 Å². The summed E-state index contributed by atoms with van der Waals surface area (Å²) in [4.78, 5) is 40.8. The number of carboxylic acids is 1. The molecule has 4 saturated carbocycles. The van der Waals surface area contributed by atoms with Crippen LogP contribution in [0, 0.1) is 56.2 Å². The number of aliphatic hydroxyl groups excluding tert-OH is 1. The highest BCUT2D eigenvalue weighted by molar-refractivity contribution is 5.77. The Labute approximate surface area is 417 Å². The van der Waals surface area contributed by atoms with Crippen molar-refractivity contribution in [3.63, 3.8) is 0 Å². The largest absolute Gasteiger partial charge is 0.481 e. The van der Waals surface area contributed by atoms with Gasteiger partial charge in [0.2, 0.25) is 5.91 Å². The summed E-state index contributed by atoms with van der Waals surface area (Å²) >= 11 is 0. The smallest absolute Gasteiger partial charge is 0.306 e. The van der Waals surface area contributed by atoms with Crippen molar-refractivity contribution in [1.82, 2.24) is 10.2 Å². The number of fused-ring (bicyclic) bond motifs is 3. The van der Waals surface area contributed by atoms with E-state index in [1.54, 1.807) is 0 Å². The zero-order valence-corrected chi connectivity index (χ0v) is 48.5. The molecule has 0 aromatic heterocycles. The van der Waals surface area contributed by atoms with E-state index in [1.807, 2.05) is 83.1 Å². The number of amides is 1. The van der Waals surface area contributed by atoms with Gasteiger partial charge in [0.25, 0.3) is 0 Å². The van der Waals surface area contributed by atoms with Crippen molar-refractivity contribution in [3.8, 4) is 0 Å². The third-order valence-corrected chi connectivity index (χ3v) is 17.3. The Kier molecular flexibility index (Phi) is 31.5. The Bertz CT molecular complexity index is 1400. The van der Waals surface area contributed by atoms with Crippen LogP contribution in [0.2, 0.25) is 0 Å². The van der Waals surface area contributed by atoms with Crippen LogP contribution in [0.15, 0.2) is 12.2 Å². The van der Waals surface area contributed by atoms with Crippen molar-refractivity contribution >= 4 is 17.8 Å². The van der Waals surface area contributed by atoms with Crippen LogP contribution in [0.1, 0.15) is 255 Å². The fourth-order valence-corrected chi connectivity index (χ4v) is 13.7. The minimum absolute atomic E-state index is 0.00138. The van der Waals surface area contributed by atoms with Crippen LogP contribution in [0.25, 0.3) is 0 Å². The number of carbonyl (C=O) groups excluding carboxylic acids is 2. The van der Waals surface area contributed by atoms with Gasteiger partial charge in [0.15, 0.2) is 0 Å². The minimum Gasteiger partial charge on any atom is -0.481 e. The molecule has 0 bridgehead atoms. The highest BCUT2D eigenvalue weighted by atomic mass is 16.5. The highest BCUT2D eigenvalue weighted by Gasteiger charge is 2.66. The number of hydrogen-bond donors (Lipinski definition) is 3. The van der Waals surface area contributed by atoms with Crippen molar-refractivity contribution in [2.24, 2.45) is 56.2 Å². The molecule has 398 valence electrons. The number of β-amino-alcohol motifs (C(OH)–C–C–N with tert-alkyl or cyclic N) is 1. The van der Waals surface area contributed by atoms with Crippen molar-refractivity contribution in [2.75, 3.05) is 26.2 Å². The number of nitrogens with zero attached hydrogens (tertiary/aromatic N) is 1. The number of rotatable bonds is 14. The summed E-state index contributed by atoms with van der Waals surface area (Å²) in [6.45, 7) is 52.2. The van der Waals surface area contributed by atoms with Gasteiger partial charge in [0, 0.05) is 37.5 Å². The quantitative estimate of drug-likeness (QED) is 0.117. The third-order valence-electron chi connectivity index (χ3n) is 17.3. The maximum Gasteiger partial charge on any atom is 0.306 e.